The first-order valence-corrected chi connectivity index (χ1v) is 7.36. The summed E-state index contributed by atoms with van der Waals surface area (Å²) in [7, 11) is 0. The summed E-state index contributed by atoms with van der Waals surface area (Å²) in [6, 6.07) is 0. The number of hydrogen-bond acceptors (Lipinski definition) is 0. The smallest absolute Gasteiger partial charge is 0.0111 e. The highest BCUT2D eigenvalue weighted by molar-refractivity contribution is 5.18. The van der Waals surface area contributed by atoms with Gasteiger partial charge in [-0.05, 0) is 56.8 Å². The first-order valence-electron chi connectivity index (χ1n) is 7.36. The molecule has 0 aromatic rings. The molecule has 1 unspecified atom stereocenters. The topological polar surface area (TPSA) is 0 Å². The molecular weight excluding hydrogens is 204 g/mol. The summed E-state index contributed by atoms with van der Waals surface area (Å²) < 4.78 is 0. The average Bonchev–Trinajstić information content (AvgIpc) is 2.31. The zero-order chi connectivity index (χ0) is 13.1. The fourth-order valence-electron chi connectivity index (χ4n) is 3.59. The summed E-state index contributed by atoms with van der Waals surface area (Å²) in [5.41, 5.74) is 3.57. The maximum absolute atomic E-state index is 4.20. The molecule has 0 aromatic heterocycles. The second kappa shape index (κ2) is 5.89. The lowest BCUT2D eigenvalue weighted by molar-refractivity contribution is 0.0909. The van der Waals surface area contributed by atoms with Crippen LogP contribution >= 0.6 is 0 Å². The summed E-state index contributed by atoms with van der Waals surface area (Å²) in [5.74, 6) is 1.52. The highest BCUT2D eigenvalue weighted by Crippen LogP contribution is 2.52. The number of allylic oxidation sites excluding steroid dienone is 3. The minimum Gasteiger partial charge on any atom is -0.0998 e. The predicted octanol–water partition coefficient (Wildman–Crippen LogP) is 5.75. The predicted molar refractivity (Wildman–Crippen MR) is 78.1 cm³/mol. The molecule has 0 heterocycles. The van der Waals surface area contributed by atoms with Crippen LogP contribution in [0.1, 0.15) is 66.7 Å². The van der Waals surface area contributed by atoms with E-state index in [1.807, 2.05) is 13.8 Å². The summed E-state index contributed by atoms with van der Waals surface area (Å²) in [6.07, 6.45) is 9.45. The van der Waals surface area contributed by atoms with Gasteiger partial charge in [0.15, 0.2) is 0 Å². The van der Waals surface area contributed by atoms with E-state index in [9.17, 15) is 0 Å². The Hall–Kier alpha value is -0.520. The Kier molecular flexibility index (Phi) is 5.04. The quantitative estimate of drug-likeness (QED) is 0.507. The van der Waals surface area contributed by atoms with Crippen LogP contribution in [0.4, 0.5) is 0 Å². The minimum atomic E-state index is 0.571. The van der Waals surface area contributed by atoms with Crippen molar-refractivity contribution < 1.29 is 0 Å². The van der Waals surface area contributed by atoms with Crippen molar-refractivity contribution >= 4 is 0 Å². The van der Waals surface area contributed by atoms with Crippen LogP contribution in [-0.2, 0) is 0 Å². The highest BCUT2D eigenvalue weighted by Gasteiger charge is 2.42. The fourth-order valence-corrected chi connectivity index (χ4v) is 3.59. The van der Waals surface area contributed by atoms with E-state index < -0.39 is 0 Å². The fraction of sp³-hybridized carbons (Fsp3) is 0.765. The summed E-state index contributed by atoms with van der Waals surface area (Å²) in [6.45, 7) is 15.2. The van der Waals surface area contributed by atoms with Gasteiger partial charge in [-0.15, -0.1) is 0 Å². The first-order chi connectivity index (χ1) is 8.03. The average molecular weight is 234 g/mol. The zero-order valence-corrected chi connectivity index (χ0v) is 12.5. The van der Waals surface area contributed by atoms with Gasteiger partial charge in [0, 0.05) is 0 Å². The van der Waals surface area contributed by atoms with Crippen molar-refractivity contribution in [1.29, 1.82) is 0 Å². The van der Waals surface area contributed by atoms with Gasteiger partial charge in [0.25, 0.3) is 0 Å². The molecule has 2 aliphatic carbocycles. The van der Waals surface area contributed by atoms with Crippen molar-refractivity contribution in [2.24, 2.45) is 17.3 Å². The molecule has 2 rings (SSSR count). The van der Waals surface area contributed by atoms with Gasteiger partial charge in [-0.1, -0.05) is 51.0 Å². The summed E-state index contributed by atoms with van der Waals surface area (Å²) >= 11 is 0. The van der Waals surface area contributed by atoms with Crippen LogP contribution in [0, 0.1) is 17.3 Å². The van der Waals surface area contributed by atoms with Gasteiger partial charge in [-0.2, -0.15) is 0 Å². The van der Waals surface area contributed by atoms with E-state index in [1.54, 1.807) is 5.57 Å². The van der Waals surface area contributed by atoms with Gasteiger partial charge < -0.3 is 0 Å². The molecule has 0 spiro atoms. The Morgan fingerprint density at radius 2 is 2.00 bits per heavy atom. The number of rotatable bonds is 1. The number of fused-ring (bicyclic) bond motifs is 1. The molecule has 1 saturated carbocycles. The van der Waals surface area contributed by atoms with Gasteiger partial charge in [-0.3, -0.25) is 0 Å². The van der Waals surface area contributed by atoms with Crippen LogP contribution in [0.5, 0.6) is 0 Å². The van der Waals surface area contributed by atoms with Crippen molar-refractivity contribution in [3.63, 3.8) is 0 Å². The lowest BCUT2D eigenvalue weighted by Gasteiger charge is -2.48. The zero-order valence-electron chi connectivity index (χ0n) is 12.5. The molecule has 0 amide bonds. The third-order valence-electron chi connectivity index (χ3n) is 4.69. The van der Waals surface area contributed by atoms with E-state index in [0.29, 0.717) is 5.41 Å². The Labute approximate surface area is 108 Å². The van der Waals surface area contributed by atoms with Crippen LogP contribution in [0.3, 0.4) is 0 Å². The summed E-state index contributed by atoms with van der Waals surface area (Å²) in [5, 5.41) is 0. The number of hydrogen-bond donors (Lipinski definition) is 0. The van der Waals surface area contributed by atoms with Gasteiger partial charge in [0.1, 0.15) is 0 Å². The maximum atomic E-state index is 4.20. The molecule has 0 aromatic carbocycles. The lowest BCUT2D eigenvalue weighted by Crippen LogP contribution is -2.38. The molecule has 0 saturated heterocycles. The molecule has 17 heavy (non-hydrogen) atoms. The largest absolute Gasteiger partial charge is 0.0998 e. The molecule has 2 aliphatic rings. The second-order valence-electron chi connectivity index (χ2n) is 6.04. The molecule has 0 nitrogen and oxygen atoms in total. The Balaban J connectivity index is 0.000000686. The third-order valence-corrected chi connectivity index (χ3v) is 4.69. The monoisotopic (exact) mass is 234 g/mol. The molecule has 0 bridgehead atoms. The van der Waals surface area contributed by atoms with Crippen molar-refractivity contribution in [3.8, 4) is 0 Å². The maximum Gasteiger partial charge on any atom is -0.0111 e. The van der Waals surface area contributed by atoms with Crippen molar-refractivity contribution in [1.82, 2.24) is 0 Å². The van der Waals surface area contributed by atoms with Gasteiger partial charge in [0.2, 0.25) is 0 Å². The Bertz CT molecular complexity index is 297. The van der Waals surface area contributed by atoms with Crippen LogP contribution in [0.15, 0.2) is 23.8 Å². The van der Waals surface area contributed by atoms with Gasteiger partial charge in [0.05, 0.1) is 0 Å². The van der Waals surface area contributed by atoms with Crippen molar-refractivity contribution in [2.45, 2.75) is 66.7 Å². The third kappa shape index (κ3) is 3.03. The Morgan fingerprint density at radius 3 is 2.59 bits per heavy atom. The molecule has 0 aliphatic heterocycles. The molecule has 98 valence electrons. The molecule has 0 heteroatoms. The van der Waals surface area contributed by atoms with Crippen LogP contribution < -0.4 is 0 Å². The van der Waals surface area contributed by atoms with Gasteiger partial charge >= 0.3 is 0 Å². The molecular formula is C17H30. The first kappa shape index (κ1) is 14.5. The van der Waals surface area contributed by atoms with E-state index in [1.165, 1.54) is 37.7 Å². The Morgan fingerprint density at radius 1 is 1.35 bits per heavy atom. The second-order valence-corrected chi connectivity index (χ2v) is 6.04. The van der Waals surface area contributed by atoms with Crippen molar-refractivity contribution in [2.75, 3.05) is 0 Å². The normalized spacial score (nSPS) is 36.2. The van der Waals surface area contributed by atoms with Crippen LogP contribution in [-0.4, -0.2) is 0 Å². The highest BCUT2D eigenvalue weighted by atomic mass is 14.5. The molecule has 1 fully saturated rings. The van der Waals surface area contributed by atoms with Crippen molar-refractivity contribution in [3.05, 3.63) is 23.8 Å². The van der Waals surface area contributed by atoms with Crippen LogP contribution in [0.2, 0.25) is 0 Å². The summed E-state index contributed by atoms with van der Waals surface area (Å²) in [4.78, 5) is 0. The standard InChI is InChI=1S/C15H24.C2H6/c1-11(2)13-6-5-8-15(4)9-7-12(3)10-14(13)15;1-2/h10,13-14H,1,5-9H2,2-4H3;1-2H3/t13?,14-,15-;/m1./s1. The van der Waals surface area contributed by atoms with E-state index in [4.69, 9.17) is 0 Å². The van der Waals surface area contributed by atoms with E-state index in [0.717, 1.165) is 11.8 Å². The van der Waals surface area contributed by atoms with Gasteiger partial charge in [-0.25, -0.2) is 0 Å². The molecule has 3 atom stereocenters. The molecule has 0 N–H and O–H groups in total. The van der Waals surface area contributed by atoms with Crippen LogP contribution in [0.25, 0.3) is 0 Å². The minimum absolute atomic E-state index is 0.571. The SMILES string of the molecule is C=C(C)C1CCC[C@]2(C)CCC(C)=C[C@H]12.CC. The van der Waals surface area contributed by atoms with E-state index >= 15 is 0 Å². The van der Waals surface area contributed by atoms with E-state index in [2.05, 4.69) is 33.4 Å². The molecule has 0 radical (unpaired) electrons. The van der Waals surface area contributed by atoms with E-state index in [-0.39, 0.29) is 0 Å². The lowest BCUT2D eigenvalue weighted by atomic mass is 9.57.